The SMILES string of the molecule is CC(C)C(=O)OC[C@H](CO)NC(=O)[C@H](N)CC(=O)O. The number of aliphatic hydroxyl groups is 1. The van der Waals surface area contributed by atoms with E-state index in [-0.39, 0.29) is 12.5 Å². The number of amides is 1. The third kappa shape index (κ3) is 7.37. The Morgan fingerprint density at radius 1 is 1.32 bits per heavy atom. The van der Waals surface area contributed by atoms with E-state index in [4.69, 9.17) is 20.7 Å². The first-order valence-electron chi connectivity index (χ1n) is 5.83. The highest BCUT2D eigenvalue weighted by atomic mass is 16.5. The summed E-state index contributed by atoms with van der Waals surface area (Å²) in [5.74, 6) is -2.69. The zero-order valence-electron chi connectivity index (χ0n) is 11.0. The number of carboxylic acids is 1. The Morgan fingerprint density at radius 3 is 2.32 bits per heavy atom. The Balaban J connectivity index is 4.21. The third-order valence-electron chi connectivity index (χ3n) is 2.20. The van der Waals surface area contributed by atoms with Crippen molar-refractivity contribution in [2.45, 2.75) is 32.4 Å². The summed E-state index contributed by atoms with van der Waals surface area (Å²) in [6.07, 6.45) is -0.518. The highest BCUT2D eigenvalue weighted by Gasteiger charge is 2.21. The van der Waals surface area contributed by atoms with Crippen molar-refractivity contribution in [1.29, 1.82) is 0 Å². The van der Waals surface area contributed by atoms with Gasteiger partial charge in [-0.15, -0.1) is 0 Å². The number of hydrogen-bond donors (Lipinski definition) is 4. The molecule has 0 aliphatic carbocycles. The van der Waals surface area contributed by atoms with Gasteiger partial charge in [0, 0.05) is 0 Å². The van der Waals surface area contributed by atoms with E-state index in [1.165, 1.54) is 0 Å². The normalized spacial score (nSPS) is 13.7. The molecule has 0 saturated carbocycles. The fraction of sp³-hybridized carbons (Fsp3) is 0.727. The topological polar surface area (TPSA) is 139 Å². The van der Waals surface area contributed by atoms with Crippen LogP contribution in [0.4, 0.5) is 0 Å². The Kier molecular flexibility index (Phi) is 7.69. The van der Waals surface area contributed by atoms with Gasteiger partial charge in [-0.25, -0.2) is 0 Å². The van der Waals surface area contributed by atoms with Gasteiger partial charge < -0.3 is 26.0 Å². The molecular weight excluding hydrogens is 256 g/mol. The van der Waals surface area contributed by atoms with Crippen LogP contribution in [0.1, 0.15) is 20.3 Å². The number of aliphatic hydroxyl groups excluding tert-OH is 1. The largest absolute Gasteiger partial charge is 0.481 e. The summed E-state index contributed by atoms with van der Waals surface area (Å²) in [4.78, 5) is 33.1. The number of rotatable bonds is 8. The molecular formula is C11H20N2O6. The second-order valence-electron chi connectivity index (χ2n) is 4.38. The smallest absolute Gasteiger partial charge is 0.308 e. The van der Waals surface area contributed by atoms with E-state index in [2.05, 4.69) is 5.32 Å². The minimum absolute atomic E-state index is 0.195. The predicted molar refractivity (Wildman–Crippen MR) is 65.0 cm³/mol. The molecule has 0 aliphatic heterocycles. The predicted octanol–water partition coefficient (Wildman–Crippen LogP) is -1.54. The van der Waals surface area contributed by atoms with Crippen molar-refractivity contribution in [2.75, 3.05) is 13.2 Å². The standard InChI is InChI=1S/C11H20N2O6/c1-6(2)11(18)19-5-7(4-14)13-10(17)8(12)3-9(15)16/h6-8,14H,3-5,12H2,1-2H3,(H,13,17)(H,15,16)/t7-,8+/m0/s1. The van der Waals surface area contributed by atoms with E-state index in [1.807, 2.05) is 0 Å². The molecule has 8 heteroatoms. The van der Waals surface area contributed by atoms with Gasteiger partial charge in [-0.3, -0.25) is 14.4 Å². The molecule has 0 fully saturated rings. The second kappa shape index (κ2) is 8.44. The van der Waals surface area contributed by atoms with E-state index in [9.17, 15) is 14.4 Å². The monoisotopic (exact) mass is 276 g/mol. The van der Waals surface area contributed by atoms with Crippen LogP contribution in [0.3, 0.4) is 0 Å². The van der Waals surface area contributed by atoms with Crippen molar-refractivity contribution in [3.05, 3.63) is 0 Å². The van der Waals surface area contributed by atoms with Crippen LogP contribution < -0.4 is 11.1 Å². The molecule has 0 bridgehead atoms. The second-order valence-corrected chi connectivity index (χ2v) is 4.38. The minimum Gasteiger partial charge on any atom is -0.481 e. The molecule has 0 radical (unpaired) electrons. The van der Waals surface area contributed by atoms with Gasteiger partial charge in [0.2, 0.25) is 5.91 Å². The first kappa shape index (κ1) is 17.3. The highest BCUT2D eigenvalue weighted by Crippen LogP contribution is 1.98. The Labute approximate surface area is 110 Å². The van der Waals surface area contributed by atoms with Crippen LogP contribution >= 0.6 is 0 Å². The van der Waals surface area contributed by atoms with Crippen molar-refractivity contribution in [3.8, 4) is 0 Å². The van der Waals surface area contributed by atoms with Crippen molar-refractivity contribution in [2.24, 2.45) is 11.7 Å². The quantitative estimate of drug-likeness (QED) is 0.394. The van der Waals surface area contributed by atoms with E-state index in [0.717, 1.165) is 0 Å². The average Bonchev–Trinajstić information content (AvgIpc) is 2.32. The van der Waals surface area contributed by atoms with Crippen LogP contribution in [0, 0.1) is 5.92 Å². The number of nitrogens with one attached hydrogen (secondary N) is 1. The molecule has 0 unspecified atom stereocenters. The maximum absolute atomic E-state index is 11.5. The Morgan fingerprint density at radius 2 is 1.89 bits per heavy atom. The van der Waals surface area contributed by atoms with Crippen molar-refractivity contribution >= 4 is 17.8 Å². The molecule has 0 aromatic carbocycles. The number of carbonyl (C=O) groups excluding carboxylic acids is 2. The van der Waals surface area contributed by atoms with Crippen molar-refractivity contribution in [1.82, 2.24) is 5.32 Å². The van der Waals surface area contributed by atoms with Gasteiger partial charge in [0.05, 0.1) is 31.0 Å². The zero-order chi connectivity index (χ0) is 15.0. The van der Waals surface area contributed by atoms with Gasteiger partial charge in [-0.05, 0) is 0 Å². The van der Waals surface area contributed by atoms with Crippen molar-refractivity contribution in [3.63, 3.8) is 0 Å². The molecule has 1 amide bonds. The maximum atomic E-state index is 11.5. The molecule has 0 aromatic rings. The maximum Gasteiger partial charge on any atom is 0.308 e. The summed E-state index contributed by atoms with van der Waals surface area (Å²) in [5, 5.41) is 19.8. The molecule has 0 aliphatic rings. The summed E-state index contributed by atoms with van der Waals surface area (Å²) in [5.41, 5.74) is 5.34. The van der Waals surface area contributed by atoms with E-state index in [0.29, 0.717) is 0 Å². The number of aliphatic carboxylic acids is 1. The number of ether oxygens (including phenoxy) is 1. The minimum atomic E-state index is -1.22. The van der Waals surface area contributed by atoms with Crippen LogP contribution in [0.25, 0.3) is 0 Å². The van der Waals surface area contributed by atoms with Gasteiger partial charge in [0.15, 0.2) is 0 Å². The van der Waals surface area contributed by atoms with Crippen molar-refractivity contribution < 1.29 is 29.3 Å². The van der Waals surface area contributed by atoms with Crippen LogP contribution in [-0.4, -0.2) is 53.4 Å². The van der Waals surface area contributed by atoms with Gasteiger partial charge >= 0.3 is 11.9 Å². The zero-order valence-corrected chi connectivity index (χ0v) is 11.0. The molecule has 110 valence electrons. The average molecular weight is 276 g/mol. The van der Waals surface area contributed by atoms with Gasteiger partial charge in [0.25, 0.3) is 0 Å². The first-order valence-corrected chi connectivity index (χ1v) is 5.83. The first-order chi connectivity index (χ1) is 8.77. The van der Waals surface area contributed by atoms with E-state index in [1.54, 1.807) is 13.8 Å². The lowest BCUT2D eigenvalue weighted by molar-refractivity contribution is -0.149. The number of esters is 1. The number of nitrogens with two attached hydrogens (primary N) is 1. The Bertz CT molecular complexity index is 331. The van der Waals surface area contributed by atoms with Gasteiger partial charge in [0.1, 0.15) is 6.61 Å². The lowest BCUT2D eigenvalue weighted by Gasteiger charge is -2.19. The molecule has 0 saturated heterocycles. The molecule has 8 nitrogen and oxygen atoms in total. The molecule has 0 heterocycles. The van der Waals surface area contributed by atoms with Crippen LogP contribution in [0.2, 0.25) is 0 Å². The van der Waals surface area contributed by atoms with Gasteiger partial charge in [-0.1, -0.05) is 13.8 Å². The van der Waals surface area contributed by atoms with E-state index < -0.39 is 43.0 Å². The summed E-state index contributed by atoms with van der Waals surface area (Å²) >= 11 is 0. The third-order valence-corrected chi connectivity index (χ3v) is 2.20. The summed E-state index contributed by atoms with van der Waals surface area (Å²) < 4.78 is 4.85. The van der Waals surface area contributed by atoms with Crippen LogP contribution in [0.5, 0.6) is 0 Å². The fourth-order valence-electron chi connectivity index (χ4n) is 1.08. The van der Waals surface area contributed by atoms with E-state index >= 15 is 0 Å². The van der Waals surface area contributed by atoms with Crippen LogP contribution in [-0.2, 0) is 19.1 Å². The molecule has 2 atom stereocenters. The number of hydrogen-bond acceptors (Lipinski definition) is 6. The fourth-order valence-corrected chi connectivity index (χ4v) is 1.08. The number of carbonyl (C=O) groups is 3. The lowest BCUT2D eigenvalue weighted by atomic mass is 10.2. The molecule has 0 spiro atoms. The molecule has 0 rings (SSSR count). The van der Waals surface area contributed by atoms with Gasteiger partial charge in [-0.2, -0.15) is 0 Å². The Hall–Kier alpha value is -1.67. The molecule has 5 N–H and O–H groups in total. The summed E-state index contributed by atoms with van der Waals surface area (Å²) in [7, 11) is 0. The molecule has 19 heavy (non-hydrogen) atoms. The summed E-state index contributed by atoms with van der Waals surface area (Å²) in [6, 6.07) is -2.03. The summed E-state index contributed by atoms with van der Waals surface area (Å²) in [6.45, 7) is 2.66. The number of carboxylic acid groups (broad SMARTS) is 1. The lowest BCUT2D eigenvalue weighted by Crippen LogP contribution is -2.49. The highest BCUT2D eigenvalue weighted by molar-refractivity contribution is 5.86. The van der Waals surface area contributed by atoms with Crippen LogP contribution in [0.15, 0.2) is 0 Å². The molecule has 0 aromatic heterocycles.